The molecule has 2 aromatic carbocycles. The molecule has 0 aliphatic heterocycles. The number of anilines is 1. The van der Waals surface area contributed by atoms with Crippen molar-refractivity contribution in [1.82, 2.24) is 15.3 Å². The molecular formula is C20H20N4O2. The van der Waals surface area contributed by atoms with Gasteiger partial charge in [0, 0.05) is 6.54 Å². The molecule has 132 valence electrons. The van der Waals surface area contributed by atoms with Crippen molar-refractivity contribution in [3.05, 3.63) is 66.0 Å². The maximum Gasteiger partial charge on any atom is 0.275 e. The largest absolute Gasteiger partial charge is 0.352 e. The normalized spacial score (nSPS) is 10.7. The number of fused-ring (bicyclic) bond motifs is 1. The van der Waals surface area contributed by atoms with E-state index in [9.17, 15) is 9.59 Å². The molecule has 0 aliphatic rings. The van der Waals surface area contributed by atoms with Crippen molar-refractivity contribution in [2.75, 3.05) is 11.9 Å². The number of amides is 2. The number of hydrogen-bond acceptors (Lipinski definition) is 4. The van der Waals surface area contributed by atoms with Crippen molar-refractivity contribution in [2.45, 2.75) is 13.8 Å². The zero-order valence-corrected chi connectivity index (χ0v) is 14.7. The summed E-state index contributed by atoms with van der Waals surface area (Å²) in [6.07, 6.45) is 1.43. The third kappa shape index (κ3) is 4.03. The lowest BCUT2D eigenvalue weighted by Gasteiger charge is -2.12. The molecule has 1 aromatic heterocycles. The van der Waals surface area contributed by atoms with Crippen molar-refractivity contribution >= 4 is 28.5 Å². The number of nitrogens with zero attached hydrogens (tertiary/aromatic N) is 2. The Morgan fingerprint density at radius 3 is 2.42 bits per heavy atom. The Labute approximate surface area is 151 Å². The van der Waals surface area contributed by atoms with Crippen molar-refractivity contribution in [3.8, 4) is 0 Å². The van der Waals surface area contributed by atoms with Crippen molar-refractivity contribution in [1.29, 1.82) is 0 Å². The van der Waals surface area contributed by atoms with E-state index >= 15 is 0 Å². The molecule has 0 bridgehead atoms. The van der Waals surface area contributed by atoms with E-state index in [2.05, 4.69) is 20.6 Å². The molecular weight excluding hydrogens is 328 g/mol. The van der Waals surface area contributed by atoms with Crippen LogP contribution in [-0.2, 0) is 0 Å². The lowest BCUT2D eigenvalue weighted by Crippen LogP contribution is -2.28. The summed E-state index contributed by atoms with van der Waals surface area (Å²) in [5.74, 6) is -0.292. The second-order valence-electron chi connectivity index (χ2n) is 6.35. The summed E-state index contributed by atoms with van der Waals surface area (Å²) in [6.45, 7) is 4.61. The summed E-state index contributed by atoms with van der Waals surface area (Å²) in [6, 6.07) is 14.2. The maximum absolute atomic E-state index is 12.6. The molecule has 0 saturated heterocycles. The smallest absolute Gasteiger partial charge is 0.275 e. The predicted molar refractivity (Wildman–Crippen MR) is 101 cm³/mol. The van der Waals surface area contributed by atoms with E-state index in [0.717, 1.165) is 5.52 Å². The lowest BCUT2D eigenvalue weighted by molar-refractivity contribution is 0.0950. The van der Waals surface area contributed by atoms with Gasteiger partial charge in [-0.15, -0.1) is 0 Å². The van der Waals surface area contributed by atoms with Crippen LogP contribution in [0.25, 0.3) is 11.0 Å². The van der Waals surface area contributed by atoms with E-state index in [-0.39, 0.29) is 11.6 Å². The number of rotatable bonds is 5. The van der Waals surface area contributed by atoms with Gasteiger partial charge in [0.15, 0.2) is 0 Å². The minimum atomic E-state index is -0.410. The summed E-state index contributed by atoms with van der Waals surface area (Å²) in [5, 5.41) is 5.62. The predicted octanol–water partition coefficient (Wildman–Crippen LogP) is 3.27. The molecule has 0 saturated carbocycles. The zero-order valence-electron chi connectivity index (χ0n) is 14.7. The first-order valence-corrected chi connectivity index (χ1v) is 8.45. The molecule has 0 radical (unpaired) electrons. The number of carbonyl (C=O) groups is 2. The molecule has 6 nitrogen and oxygen atoms in total. The van der Waals surface area contributed by atoms with E-state index in [4.69, 9.17) is 0 Å². The monoisotopic (exact) mass is 348 g/mol. The number of nitrogens with one attached hydrogen (secondary N) is 2. The number of hydrogen-bond donors (Lipinski definition) is 2. The van der Waals surface area contributed by atoms with E-state index < -0.39 is 5.91 Å². The molecule has 6 heteroatoms. The quantitative estimate of drug-likeness (QED) is 0.741. The van der Waals surface area contributed by atoms with Crippen molar-refractivity contribution in [3.63, 3.8) is 0 Å². The number of para-hydroxylation sites is 3. The Morgan fingerprint density at radius 1 is 0.962 bits per heavy atom. The molecule has 0 atom stereocenters. The second-order valence-corrected chi connectivity index (χ2v) is 6.35. The summed E-state index contributed by atoms with van der Waals surface area (Å²) < 4.78 is 0. The van der Waals surface area contributed by atoms with Gasteiger partial charge in [-0.25, -0.2) is 4.98 Å². The SMILES string of the molecule is CC(C)CNC(=O)c1ccccc1NC(=O)c1cnc2ccccc2n1. The molecule has 3 aromatic rings. The van der Waals surface area contributed by atoms with Crippen LogP contribution >= 0.6 is 0 Å². The lowest BCUT2D eigenvalue weighted by atomic mass is 10.1. The highest BCUT2D eigenvalue weighted by Gasteiger charge is 2.15. The van der Waals surface area contributed by atoms with E-state index in [1.165, 1.54) is 6.20 Å². The highest BCUT2D eigenvalue weighted by molar-refractivity contribution is 6.08. The number of benzene rings is 2. The molecule has 2 N–H and O–H groups in total. The topological polar surface area (TPSA) is 84.0 Å². The molecule has 3 rings (SSSR count). The van der Waals surface area contributed by atoms with Crippen LogP contribution in [0.1, 0.15) is 34.7 Å². The number of aromatic nitrogens is 2. The van der Waals surface area contributed by atoms with Gasteiger partial charge in [-0.2, -0.15) is 0 Å². The van der Waals surface area contributed by atoms with Crippen LogP contribution in [0, 0.1) is 5.92 Å². The van der Waals surface area contributed by atoms with Gasteiger partial charge >= 0.3 is 0 Å². The van der Waals surface area contributed by atoms with E-state index in [1.807, 2.05) is 32.0 Å². The van der Waals surface area contributed by atoms with Crippen LogP contribution in [0.4, 0.5) is 5.69 Å². The molecule has 0 unspecified atom stereocenters. The van der Waals surface area contributed by atoms with Gasteiger partial charge in [0.1, 0.15) is 5.69 Å². The summed E-state index contributed by atoms with van der Waals surface area (Å²) in [4.78, 5) is 33.5. The van der Waals surface area contributed by atoms with Gasteiger partial charge < -0.3 is 10.6 Å². The van der Waals surface area contributed by atoms with Crippen LogP contribution in [0.2, 0.25) is 0 Å². The van der Waals surface area contributed by atoms with Crippen LogP contribution in [0.15, 0.2) is 54.7 Å². The van der Waals surface area contributed by atoms with Gasteiger partial charge in [0.2, 0.25) is 0 Å². The van der Waals surface area contributed by atoms with Crippen LogP contribution in [-0.4, -0.2) is 28.3 Å². The highest BCUT2D eigenvalue weighted by atomic mass is 16.2. The summed E-state index contributed by atoms with van der Waals surface area (Å²) in [7, 11) is 0. The molecule has 0 spiro atoms. The summed E-state index contributed by atoms with van der Waals surface area (Å²) in [5.41, 5.74) is 2.41. The van der Waals surface area contributed by atoms with Gasteiger partial charge in [-0.1, -0.05) is 38.1 Å². The molecule has 26 heavy (non-hydrogen) atoms. The second kappa shape index (κ2) is 7.74. The third-order valence-corrected chi connectivity index (χ3v) is 3.77. The van der Waals surface area contributed by atoms with Crippen molar-refractivity contribution < 1.29 is 9.59 Å². The fraction of sp³-hybridized carbons (Fsp3) is 0.200. The number of carbonyl (C=O) groups excluding carboxylic acids is 2. The van der Waals surface area contributed by atoms with E-state index in [0.29, 0.717) is 29.2 Å². The standard InChI is InChI=1S/C20H20N4O2/c1-13(2)11-22-19(25)14-7-3-4-8-15(14)24-20(26)18-12-21-16-9-5-6-10-17(16)23-18/h3-10,12-13H,11H2,1-2H3,(H,22,25)(H,24,26). The first-order valence-electron chi connectivity index (χ1n) is 8.45. The Kier molecular flexibility index (Phi) is 5.22. The first-order chi connectivity index (χ1) is 12.5. The Morgan fingerprint density at radius 2 is 1.65 bits per heavy atom. The Hall–Kier alpha value is -3.28. The van der Waals surface area contributed by atoms with Gasteiger partial charge in [0.25, 0.3) is 11.8 Å². The Balaban J connectivity index is 1.81. The average molecular weight is 348 g/mol. The minimum Gasteiger partial charge on any atom is -0.352 e. The molecule has 2 amide bonds. The molecule has 1 heterocycles. The fourth-order valence-electron chi connectivity index (χ4n) is 2.44. The van der Waals surface area contributed by atoms with Gasteiger partial charge in [-0.3, -0.25) is 14.6 Å². The Bertz CT molecular complexity index is 953. The molecule has 0 fully saturated rings. The minimum absolute atomic E-state index is 0.195. The van der Waals surface area contributed by atoms with Crippen LogP contribution in [0.5, 0.6) is 0 Å². The molecule has 0 aliphatic carbocycles. The highest BCUT2D eigenvalue weighted by Crippen LogP contribution is 2.17. The van der Waals surface area contributed by atoms with Gasteiger partial charge in [-0.05, 0) is 30.2 Å². The van der Waals surface area contributed by atoms with Gasteiger partial charge in [0.05, 0.1) is 28.5 Å². The average Bonchev–Trinajstić information content (AvgIpc) is 2.66. The van der Waals surface area contributed by atoms with Crippen LogP contribution in [0.3, 0.4) is 0 Å². The summed E-state index contributed by atoms with van der Waals surface area (Å²) >= 11 is 0. The zero-order chi connectivity index (χ0) is 18.5. The third-order valence-electron chi connectivity index (χ3n) is 3.77. The van der Waals surface area contributed by atoms with Crippen molar-refractivity contribution in [2.24, 2.45) is 5.92 Å². The maximum atomic E-state index is 12.6. The first kappa shape index (κ1) is 17.5. The fourth-order valence-corrected chi connectivity index (χ4v) is 2.44. The van der Waals surface area contributed by atoms with E-state index in [1.54, 1.807) is 30.3 Å². The van der Waals surface area contributed by atoms with Crippen LogP contribution < -0.4 is 10.6 Å².